The van der Waals surface area contributed by atoms with Crippen LogP contribution in [0.5, 0.6) is 0 Å². The van der Waals surface area contributed by atoms with Crippen molar-refractivity contribution < 1.29 is 14.3 Å². The van der Waals surface area contributed by atoms with Crippen molar-refractivity contribution in [1.29, 1.82) is 0 Å². The SMILES string of the molecule is [C-]#[N+]c1ccc(C(=O)CC(=O)OCC)c(C)c1. The highest BCUT2D eigenvalue weighted by molar-refractivity contribution is 6.06. The van der Waals surface area contributed by atoms with Crippen LogP contribution in [-0.4, -0.2) is 18.4 Å². The summed E-state index contributed by atoms with van der Waals surface area (Å²) in [7, 11) is 0. The van der Waals surface area contributed by atoms with Crippen LogP contribution in [0.2, 0.25) is 0 Å². The van der Waals surface area contributed by atoms with Crippen LogP contribution in [0.25, 0.3) is 4.85 Å². The Hall–Kier alpha value is -2.15. The zero-order chi connectivity index (χ0) is 12.8. The summed E-state index contributed by atoms with van der Waals surface area (Å²) in [6.45, 7) is 10.6. The van der Waals surface area contributed by atoms with E-state index in [1.54, 1.807) is 32.0 Å². The van der Waals surface area contributed by atoms with E-state index in [1.165, 1.54) is 0 Å². The molecule has 1 aromatic rings. The maximum Gasteiger partial charge on any atom is 0.313 e. The summed E-state index contributed by atoms with van der Waals surface area (Å²) in [5, 5.41) is 0. The molecule has 0 atom stereocenters. The number of carbonyl (C=O) groups is 2. The molecular weight excluding hydrogens is 218 g/mol. The number of hydrogen-bond acceptors (Lipinski definition) is 3. The number of aryl methyl sites for hydroxylation is 1. The van der Waals surface area contributed by atoms with E-state index in [2.05, 4.69) is 4.85 Å². The number of esters is 1. The third-order valence-corrected chi connectivity index (χ3v) is 2.25. The molecule has 0 fully saturated rings. The Morgan fingerprint density at radius 3 is 2.65 bits per heavy atom. The fraction of sp³-hybridized carbons (Fsp3) is 0.308. The van der Waals surface area contributed by atoms with Crippen molar-refractivity contribution in [2.45, 2.75) is 20.3 Å². The van der Waals surface area contributed by atoms with Crippen molar-refractivity contribution in [2.24, 2.45) is 0 Å². The molecule has 0 spiro atoms. The zero-order valence-electron chi connectivity index (χ0n) is 9.82. The highest BCUT2D eigenvalue weighted by Gasteiger charge is 2.14. The molecule has 0 amide bonds. The highest BCUT2D eigenvalue weighted by Crippen LogP contribution is 2.19. The van der Waals surface area contributed by atoms with Crippen molar-refractivity contribution >= 4 is 17.4 Å². The molecule has 0 aliphatic carbocycles. The van der Waals surface area contributed by atoms with Gasteiger partial charge in [-0.05, 0) is 13.8 Å². The largest absolute Gasteiger partial charge is 0.466 e. The number of Topliss-reactive ketones (excluding diaryl/α,β-unsaturated/α-hetero) is 1. The zero-order valence-corrected chi connectivity index (χ0v) is 9.82. The Morgan fingerprint density at radius 1 is 1.41 bits per heavy atom. The highest BCUT2D eigenvalue weighted by atomic mass is 16.5. The standard InChI is InChI=1S/C13H13NO3/c1-4-17-13(16)8-12(15)11-6-5-10(14-3)7-9(11)2/h5-7H,4,8H2,1-2H3. The number of hydrogen-bond donors (Lipinski definition) is 0. The smallest absolute Gasteiger partial charge is 0.313 e. The van der Waals surface area contributed by atoms with Crippen LogP contribution >= 0.6 is 0 Å². The van der Waals surface area contributed by atoms with E-state index in [1.807, 2.05) is 0 Å². The molecule has 1 rings (SSSR count). The van der Waals surface area contributed by atoms with Crippen molar-refractivity contribution in [3.63, 3.8) is 0 Å². The number of carbonyl (C=O) groups excluding carboxylic acids is 2. The summed E-state index contributed by atoms with van der Waals surface area (Å²) >= 11 is 0. The predicted octanol–water partition coefficient (Wildman–Crippen LogP) is 2.68. The lowest BCUT2D eigenvalue weighted by Crippen LogP contribution is -2.12. The first-order valence-corrected chi connectivity index (χ1v) is 5.25. The summed E-state index contributed by atoms with van der Waals surface area (Å²) in [5.74, 6) is -0.802. The molecule has 88 valence electrons. The first-order valence-electron chi connectivity index (χ1n) is 5.25. The molecule has 0 N–H and O–H groups in total. The summed E-state index contributed by atoms with van der Waals surface area (Å²) in [5.41, 5.74) is 1.65. The number of benzene rings is 1. The van der Waals surface area contributed by atoms with Crippen LogP contribution < -0.4 is 0 Å². The van der Waals surface area contributed by atoms with E-state index in [-0.39, 0.29) is 18.8 Å². The van der Waals surface area contributed by atoms with Gasteiger partial charge in [0.05, 0.1) is 13.2 Å². The lowest BCUT2D eigenvalue weighted by Gasteiger charge is -2.05. The van der Waals surface area contributed by atoms with Gasteiger partial charge in [0, 0.05) is 5.56 Å². The monoisotopic (exact) mass is 231 g/mol. The lowest BCUT2D eigenvalue weighted by atomic mass is 10.0. The average Bonchev–Trinajstić information content (AvgIpc) is 2.28. The summed E-state index contributed by atoms with van der Waals surface area (Å²) in [4.78, 5) is 26.2. The first-order chi connectivity index (χ1) is 8.08. The molecule has 0 aromatic heterocycles. The van der Waals surface area contributed by atoms with E-state index in [0.29, 0.717) is 16.8 Å². The molecular formula is C13H13NO3. The van der Waals surface area contributed by atoms with Gasteiger partial charge < -0.3 is 4.74 Å². The normalized spacial score (nSPS) is 9.47. The minimum Gasteiger partial charge on any atom is -0.466 e. The number of nitrogens with zero attached hydrogens (tertiary/aromatic N) is 1. The van der Waals surface area contributed by atoms with Gasteiger partial charge in [-0.2, -0.15) is 0 Å². The minimum atomic E-state index is -0.522. The maximum atomic E-state index is 11.8. The van der Waals surface area contributed by atoms with Crippen LogP contribution in [0.4, 0.5) is 5.69 Å². The first kappa shape index (κ1) is 12.9. The molecule has 1 aromatic carbocycles. The topological polar surface area (TPSA) is 47.7 Å². The van der Waals surface area contributed by atoms with Crippen LogP contribution in [0.3, 0.4) is 0 Å². The van der Waals surface area contributed by atoms with E-state index >= 15 is 0 Å². The van der Waals surface area contributed by atoms with Crippen molar-refractivity contribution in [3.05, 3.63) is 40.7 Å². The number of rotatable bonds is 4. The Bertz CT molecular complexity index is 486. The second kappa shape index (κ2) is 5.80. The second-order valence-electron chi connectivity index (χ2n) is 3.52. The summed E-state index contributed by atoms with van der Waals surface area (Å²) in [6.07, 6.45) is -0.258. The molecule has 0 heterocycles. The van der Waals surface area contributed by atoms with Crippen LogP contribution in [0, 0.1) is 13.5 Å². The Morgan fingerprint density at radius 2 is 2.12 bits per heavy atom. The van der Waals surface area contributed by atoms with E-state index in [4.69, 9.17) is 11.3 Å². The van der Waals surface area contributed by atoms with Gasteiger partial charge in [-0.3, -0.25) is 9.59 Å². The van der Waals surface area contributed by atoms with Crippen LogP contribution in [0.1, 0.15) is 29.3 Å². The van der Waals surface area contributed by atoms with E-state index in [9.17, 15) is 9.59 Å². The molecule has 0 radical (unpaired) electrons. The Balaban J connectivity index is 2.83. The van der Waals surface area contributed by atoms with Gasteiger partial charge in [-0.1, -0.05) is 23.8 Å². The molecule has 0 saturated heterocycles. The Kier molecular flexibility index (Phi) is 4.41. The average molecular weight is 231 g/mol. The van der Waals surface area contributed by atoms with Crippen LogP contribution in [-0.2, 0) is 9.53 Å². The van der Waals surface area contributed by atoms with Gasteiger partial charge in [0.15, 0.2) is 11.5 Å². The van der Waals surface area contributed by atoms with Gasteiger partial charge in [0.1, 0.15) is 6.42 Å². The van der Waals surface area contributed by atoms with Crippen molar-refractivity contribution in [3.8, 4) is 0 Å². The van der Waals surface area contributed by atoms with E-state index in [0.717, 1.165) is 0 Å². The predicted molar refractivity (Wildman–Crippen MR) is 63.0 cm³/mol. The molecule has 0 aliphatic rings. The van der Waals surface area contributed by atoms with Gasteiger partial charge >= 0.3 is 5.97 Å². The Labute approximate surface area is 100 Å². The molecule has 0 saturated carbocycles. The van der Waals surface area contributed by atoms with E-state index < -0.39 is 5.97 Å². The molecule has 4 heteroatoms. The van der Waals surface area contributed by atoms with Gasteiger partial charge in [-0.15, -0.1) is 0 Å². The van der Waals surface area contributed by atoms with Gasteiger partial charge in [-0.25, -0.2) is 4.85 Å². The fourth-order valence-electron chi connectivity index (χ4n) is 1.47. The van der Waals surface area contributed by atoms with Crippen LogP contribution in [0.15, 0.2) is 18.2 Å². The molecule has 4 nitrogen and oxygen atoms in total. The summed E-state index contributed by atoms with van der Waals surface area (Å²) < 4.78 is 4.71. The molecule has 0 aliphatic heterocycles. The van der Waals surface area contributed by atoms with Gasteiger partial charge in [0.2, 0.25) is 0 Å². The third-order valence-electron chi connectivity index (χ3n) is 2.25. The molecule has 0 bridgehead atoms. The minimum absolute atomic E-state index is 0.258. The quantitative estimate of drug-likeness (QED) is 0.346. The maximum absolute atomic E-state index is 11.8. The molecule has 17 heavy (non-hydrogen) atoms. The second-order valence-corrected chi connectivity index (χ2v) is 3.52. The summed E-state index contributed by atoms with van der Waals surface area (Å²) in [6, 6.07) is 4.77. The molecule has 0 unspecified atom stereocenters. The van der Waals surface area contributed by atoms with Crippen molar-refractivity contribution in [2.75, 3.05) is 6.61 Å². The fourth-order valence-corrected chi connectivity index (χ4v) is 1.47. The number of ether oxygens (including phenoxy) is 1. The van der Waals surface area contributed by atoms with Crippen molar-refractivity contribution in [1.82, 2.24) is 0 Å². The lowest BCUT2D eigenvalue weighted by molar-refractivity contribution is -0.141. The van der Waals surface area contributed by atoms with Gasteiger partial charge in [0.25, 0.3) is 0 Å². The number of ketones is 1. The third kappa shape index (κ3) is 3.42.